The number of benzene rings is 1. The molecule has 0 saturated heterocycles. The van der Waals surface area contributed by atoms with E-state index in [0.29, 0.717) is 6.92 Å². The van der Waals surface area contributed by atoms with E-state index in [4.69, 9.17) is 20.6 Å². The van der Waals surface area contributed by atoms with Crippen LogP contribution in [0.15, 0.2) is 18.2 Å². The van der Waals surface area contributed by atoms with E-state index in [9.17, 15) is 27.1 Å². The monoisotopic (exact) mass is 598 g/mol. The van der Waals surface area contributed by atoms with Crippen LogP contribution in [0.3, 0.4) is 0 Å². The number of carbonyl (C=O) groups excluding carboxylic acids is 1. The highest BCUT2D eigenvalue weighted by atomic mass is 127. The summed E-state index contributed by atoms with van der Waals surface area (Å²) < 4.78 is 75.9. The molecule has 172 valence electrons. The molecule has 2 rings (SSSR count). The third kappa shape index (κ3) is 7.41. The van der Waals surface area contributed by atoms with Gasteiger partial charge < -0.3 is 15.0 Å². The zero-order chi connectivity index (χ0) is 23.8. The molecule has 1 amide bonds. The molecule has 1 unspecified atom stereocenters. The number of nitrogens with two attached hydrogens (primary N) is 1. The molecular weight excluding hydrogens is 582 g/mol. The quantitative estimate of drug-likeness (QED) is 0.138. The molecule has 1 aromatic heterocycles. The maximum atomic E-state index is 14.8. The van der Waals surface area contributed by atoms with E-state index in [1.807, 2.05) is 21.2 Å². The lowest BCUT2D eigenvalue weighted by molar-refractivity contribution is -0.106. The molecule has 0 aliphatic rings. The molecule has 0 aliphatic heterocycles. The van der Waals surface area contributed by atoms with Crippen LogP contribution in [-0.2, 0) is 14.9 Å². The van der Waals surface area contributed by atoms with Crippen molar-refractivity contribution in [2.45, 2.75) is 25.2 Å². The van der Waals surface area contributed by atoms with Gasteiger partial charge in [0.25, 0.3) is 5.92 Å². The lowest BCUT2D eigenvalue weighted by Crippen LogP contribution is -2.17. The standard InChI is InChI=1S/C17H14ClF5INO2S.CH3NO/c1-17(22,23)10-6-12(8(4-5-26)7-27-28-24)25-16(15(10)21)9-2-3-11(19)13(18)14(9)20;2-1-3/h2-3,6,8,26H,4-5,7H2,1H3;1H,(H2,2,3). The molecule has 0 bridgehead atoms. The van der Waals surface area contributed by atoms with Crippen molar-refractivity contribution in [3.63, 3.8) is 0 Å². The second-order valence-corrected chi connectivity index (χ2v) is 7.88. The van der Waals surface area contributed by atoms with E-state index in [0.717, 1.165) is 27.4 Å². The molecule has 0 fully saturated rings. The number of aromatic nitrogens is 1. The maximum absolute atomic E-state index is 14.8. The topological polar surface area (TPSA) is 85.4 Å². The van der Waals surface area contributed by atoms with Gasteiger partial charge in [-0.15, -0.1) is 0 Å². The number of aliphatic hydroxyl groups excluding tert-OH is 1. The molecule has 0 aliphatic carbocycles. The molecule has 1 atom stereocenters. The summed E-state index contributed by atoms with van der Waals surface area (Å²) in [4.78, 5) is 12.6. The third-order valence-electron chi connectivity index (χ3n) is 3.95. The number of hydrogen-bond acceptors (Lipinski definition) is 5. The van der Waals surface area contributed by atoms with Crippen molar-refractivity contribution >= 4 is 48.4 Å². The van der Waals surface area contributed by atoms with Crippen LogP contribution < -0.4 is 5.73 Å². The molecule has 31 heavy (non-hydrogen) atoms. The average molecular weight is 599 g/mol. The summed E-state index contributed by atoms with van der Waals surface area (Å²) in [5.41, 5.74) is 1.87. The second kappa shape index (κ2) is 12.7. The fourth-order valence-corrected chi connectivity index (χ4v) is 3.37. The first kappa shape index (κ1) is 27.8. The van der Waals surface area contributed by atoms with Crippen LogP contribution in [0.1, 0.15) is 30.5 Å². The van der Waals surface area contributed by atoms with E-state index in [2.05, 4.69) is 10.7 Å². The van der Waals surface area contributed by atoms with Crippen LogP contribution >= 0.6 is 42.0 Å². The minimum atomic E-state index is -3.60. The van der Waals surface area contributed by atoms with Gasteiger partial charge in [0.1, 0.15) is 16.5 Å². The van der Waals surface area contributed by atoms with Gasteiger partial charge >= 0.3 is 0 Å². The number of pyridine rings is 1. The Balaban J connectivity index is 0.00000151. The van der Waals surface area contributed by atoms with E-state index in [1.165, 1.54) is 0 Å². The Morgan fingerprint density at radius 3 is 2.48 bits per heavy atom. The van der Waals surface area contributed by atoms with E-state index < -0.39 is 51.1 Å². The lowest BCUT2D eigenvalue weighted by atomic mass is 9.96. The van der Waals surface area contributed by atoms with Crippen LogP contribution in [-0.4, -0.2) is 29.7 Å². The first-order valence-corrected chi connectivity index (χ1v) is 12.1. The highest BCUT2D eigenvalue weighted by Gasteiger charge is 2.33. The summed E-state index contributed by atoms with van der Waals surface area (Å²) in [6.45, 7) is 0.182. The van der Waals surface area contributed by atoms with Crippen molar-refractivity contribution in [3.8, 4) is 11.3 Å². The van der Waals surface area contributed by atoms with E-state index in [-0.39, 0.29) is 31.7 Å². The van der Waals surface area contributed by atoms with Crippen molar-refractivity contribution in [1.29, 1.82) is 0 Å². The number of aliphatic hydroxyl groups is 1. The summed E-state index contributed by atoms with van der Waals surface area (Å²) in [5.74, 6) is -8.09. The average Bonchev–Trinajstić information content (AvgIpc) is 2.70. The van der Waals surface area contributed by atoms with Crippen LogP contribution in [0.2, 0.25) is 5.02 Å². The van der Waals surface area contributed by atoms with Gasteiger partial charge in [-0.25, -0.2) is 26.9 Å². The van der Waals surface area contributed by atoms with E-state index in [1.54, 1.807) is 0 Å². The van der Waals surface area contributed by atoms with Crippen LogP contribution in [0, 0.1) is 17.5 Å². The Labute approximate surface area is 196 Å². The molecule has 1 heterocycles. The van der Waals surface area contributed by atoms with Gasteiger partial charge in [0, 0.05) is 51.9 Å². The third-order valence-corrected chi connectivity index (χ3v) is 5.28. The number of amides is 1. The van der Waals surface area contributed by atoms with Crippen LogP contribution in [0.25, 0.3) is 11.3 Å². The number of alkyl halides is 2. The predicted molar refractivity (Wildman–Crippen MR) is 116 cm³/mol. The first-order chi connectivity index (χ1) is 14.5. The number of hydrogen-bond donors (Lipinski definition) is 2. The molecule has 2 aromatic rings. The minimum Gasteiger partial charge on any atom is -0.396 e. The van der Waals surface area contributed by atoms with Crippen molar-refractivity contribution < 1.29 is 36.0 Å². The zero-order valence-corrected chi connectivity index (χ0v) is 19.6. The molecule has 0 spiro atoms. The highest BCUT2D eigenvalue weighted by Crippen LogP contribution is 2.38. The molecule has 5 nitrogen and oxygen atoms in total. The van der Waals surface area contributed by atoms with Gasteiger partial charge in [0.2, 0.25) is 6.41 Å². The second-order valence-electron chi connectivity index (χ2n) is 6.06. The van der Waals surface area contributed by atoms with Gasteiger partial charge in [-0.3, -0.25) is 4.79 Å². The molecule has 0 radical (unpaired) electrons. The van der Waals surface area contributed by atoms with Crippen LogP contribution in [0.5, 0.6) is 0 Å². The molecule has 0 saturated carbocycles. The fourth-order valence-electron chi connectivity index (χ4n) is 2.55. The van der Waals surface area contributed by atoms with Gasteiger partial charge in [0.05, 0.1) is 21.4 Å². The number of carbonyl (C=O) groups is 1. The van der Waals surface area contributed by atoms with Gasteiger partial charge in [0.15, 0.2) is 11.6 Å². The van der Waals surface area contributed by atoms with Gasteiger partial charge in [-0.2, -0.15) is 0 Å². The zero-order valence-electron chi connectivity index (χ0n) is 15.9. The molecule has 13 heteroatoms. The fraction of sp³-hybridized carbons (Fsp3) is 0.333. The predicted octanol–water partition coefficient (Wildman–Crippen LogP) is 5.51. The number of primary amides is 1. The maximum Gasteiger partial charge on any atom is 0.273 e. The number of halogens is 7. The minimum absolute atomic E-state index is 0.00633. The molecule has 1 aromatic carbocycles. The van der Waals surface area contributed by atoms with Gasteiger partial charge in [-0.1, -0.05) is 11.6 Å². The summed E-state index contributed by atoms with van der Waals surface area (Å²) in [6.07, 6.45) is 0.344. The smallest absolute Gasteiger partial charge is 0.273 e. The normalized spacial score (nSPS) is 12.2. The Morgan fingerprint density at radius 2 is 1.97 bits per heavy atom. The summed E-state index contributed by atoms with van der Waals surface area (Å²) in [6, 6.07) is 2.53. The first-order valence-electron chi connectivity index (χ1n) is 8.42. The highest BCUT2D eigenvalue weighted by molar-refractivity contribution is 14.2. The Hall–Kier alpha value is -1.22. The molecular formula is C18H17ClF5IN2O3S. The van der Waals surface area contributed by atoms with Crippen molar-refractivity contribution in [3.05, 3.63) is 51.9 Å². The lowest BCUT2D eigenvalue weighted by Gasteiger charge is -2.20. The number of nitrogens with zero attached hydrogens (tertiary/aromatic N) is 1. The van der Waals surface area contributed by atoms with Gasteiger partial charge in [-0.05, 0) is 24.6 Å². The van der Waals surface area contributed by atoms with Crippen molar-refractivity contribution in [2.75, 3.05) is 13.2 Å². The van der Waals surface area contributed by atoms with E-state index >= 15 is 0 Å². The summed E-state index contributed by atoms with van der Waals surface area (Å²) in [7, 11) is 0.989. The Bertz CT molecular complexity index is 905. The molecule has 3 N–H and O–H groups in total. The van der Waals surface area contributed by atoms with Crippen molar-refractivity contribution in [1.82, 2.24) is 4.98 Å². The van der Waals surface area contributed by atoms with Crippen molar-refractivity contribution in [2.24, 2.45) is 5.73 Å². The summed E-state index contributed by atoms with van der Waals surface area (Å²) >= 11 is 7.38. The summed E-state index contributed by atoms with van der Waals surface area (Å²) in [5, 5.41) is 8.35. The SMILES string of the molecule is CC(F)(F)c1cc(C(CCO)COSI)nc(-c2ccc(F)c(Cl)c2F)c1F.NC=O. The number of rotatable bonds is 8. The largest absolute Gasteiger partial charge is 0.396 e. The Kier molecular flexibility index (Phi) is 11.4. The van der Waals surface area contributed by atoms with Crippen LogP contribution in [0.4, 0.5) is 22.0 Å². The Morgan fingerprint density at radius 1 is 1.35 bits per heavy atom.